The number of nitrogens with zero attached hydrogens (tertiary/aromatic N) is 1. The molecule has 1 fully saturated rings. The zero-order valence-corrected chi connectivity index (χ0v) is 13.5. The second-order valence-electron chi connectivity index (χ2n) is 5.70. The number of aryl methyl sites for hydroxylation is 1. The molecule has 0 aliphatic heterocycles. The third kappa shape index (κ3) is 3.79. The summed E-state index contributed by atoms with van der Waals surface area (Å²) in [5.74, 6) is 0.443. The van der Waals surface area contributed by atoms with E-state index in [2.05, 4.69) is 9.71 Å². The molecule has 7 heteroatoms. The number of hydrogen-bond donors (Lipinski definition) is 1. The Balaban J connectivity index is 1.59. The predicted molar refractivity (Wildman–Crippen MR) is 85.7 cm³/mol. The maximum Gasteiger partial charge on any atom is 0.235 e. The van der Waals surface area contributed by atoms with Crippen molar-refractivity contribution >= 4 is 16.3 Å². The topological polar surface area (TPSA) is 85.4 Å². The van der Waals surface area contributed by atoms with Crippen molar-refractivity contribution in [3.8, 4) is 5.88 Å². The predicted octanol–water partition coefficient (Wildman–Crippen LogP) is 1.88. The number of hydrogen-bond acceptors (Lipinski definition) is 5. The lowest BCUT2D eigenvalue weighted by molar-refractivity contribution is 0.112. The molecule has 1 saturated carbocycles. The molecule has 2 aliphatic carbocycles. The molecule has 0 bridgehead atoms. The van der Waals surface area contributed by atoms with E-state index in [0.29, 0.717) is 29.3 Å². The van der Waals surface area contributed by atoms with E-state index in [1.54, 1.807) is 37.3 Å². The zero-order valence-electron chi connectivity index (χ0n) is 12.7. The van der Waals surface area contributed by atoms with Gasteiger partial charge in [0.1, 0.15) is 6.10 Å². The Morgan fingerprint density at radius 3 is 2.70 bits per heavy atom. The van der Waals surface area contributed by atoms with Crippen LogP contribution in [0.25, 0.3) is 0 Å². The summed E-state index contributed by atoms with van der Waals surface area (Å²) >= 11 is 0. The maximum atomic E-state index is 11.9. The van der Waals surface area contributed by atoms with Gasteiger partial charge in [-0.3, -0.25) is 9.52 Å². The standard InChI is InChI=1S/C16H18N2O4S/c1-11-12(10-19)2-9-16(17-11)22-14-5-3-13(4-6-14)18-23(20,21)15-7-8-15/h2-5,9-10,14-15,18H,6-8H2,1H3. The quantitative estimate of drug-likeness (QED) is 0.803. The minimum atomic E-state index is -3.23. The van der Waals surface area contributed by atoms with Gasteiger partial charge >= 0.3 is 0 Å². The van der Waals surface area contributed by atoms with Crippen molar-refractivity contribution in [2.45, 2.75) is 37.5 Å². The van der Waals surface area contributed by atoms with Crippen LogP contribution in [0, 0.1) is 6.92 Å². The third-order valence-corrected chi connectivity index (χ3v) is 5.65. The van der Waals surface area contributed by atoms with Gasteiger partial charge in [-0.1, -0.05) is 6.08 Å². The molecule has 1 aromatic heterocycles. The molecule has 23 heavy (non-hydrogen) atoms. The molecule has 3 rings (SSSR count). The summed E-state index contributed by atoms with van der Waals surface area (Å²) in [7, 11) is -3.23. The minimum absolute atomic E-state index is 0.210. The Morgan fingerprint density at radius 2 is 2.13 bits per heavy atom. The van der Waals surface area contributed by atoms with E-state index in [9.17, 15) is 13.2 Å². The molecule has 1 unspecified atom stereocenters. The fourth-order valence-corrected chi connectivity index (χ4v) is 3.69. The molecule has 0 amide bonds. The second-order valence-corrected chi connectivity index (χ2v) is 7.66. The summed E-state index contributed by atoms with van der Waals surface area (Å²) < 4.78 is 32.1. The van der Waals surface area contributed by atoms with Crippen LogP contribution < -0.4 is 9.46 Å². The van der Waals surface area contributed by atoms with Gasteiger partial charge in [-0.2, -0.15) is 0 Å². The number of carbonyl (C=O) groups is 1. The van der Waals surface area contributed by atoms with Gasteiger partial charge in [-0.15, -0.1) is 0 Å². The number of nitrogens with one attached hydrogen (secondary N) is 1. The summed E-state index contributed by atoms with van der Waals surface area (Å²) in [4.78, 5) is 15.0. The first-order valence-electron chi connectivity index (χ1n) is 7.47. The third-order valence-electron chi connectivity index (χ3n) is 3.78. The summed E-state index contributed by atoms with van der Waals surface area (Å²) in [5, 5.41) is -0.241. The molecule has 0 spiro atoms. The van der Waals surface area contributed by atoms with Crippen LogP contribution >= 0.6 is 0 Å². The maximum absolute atomic E-state index is 11.9. The Bertz CT molecular complexity index is 779. The Hall–Kier alpha value is -2.15. The van der Waals surface area contributed by atoms with E-state index < -0.39 is 10.0 Å². The van der Waals surface area contributed by atoms with Crippen LogP contribution in [0.2, 0.25) is 0 Å². The van der Waals surface area contributed by atoms with Crippen LogP contribution in [0.3, 0.4) is 0 Å². The average Bonchev–Trinajstić information content (AvgIpc) is 3.34. The van der Waals surface area contributed by atoms with Crippen LogP contribution in [-0.2, 0) is 10.0 Å². The molecular formula is C16H18N2O4S. The first-order chi connectivity index (χ1) is 11.0. The van der Waals surface area contributed by atoms with Gasteiger partial charge in [0.25, 0.3) is 0 Å². The summed E-state index contributed by atoms with van der Waals surface area (Å²) in [5.41, 5.74) is 1.73. The normalized spacial score (nSPS) is 20.7. The number of allylic oxidation sites excluding steroid dienone is 1. The van der Waals surface area contributed by atoms with Gasteiger partial charge in [0.2, 0.25) is 15.9 Å². The number of pyridine rings is 1. The number of rotatable bonds is 6. The summed E-state index contributed by atoms with van der Waals surface area (Å²) in [6.45, 7) is 1.75. The van der Waals surface area contributed by atoms with Crippen molar-refractivity contribution in [2.24, 2.45) is 0 Å². The Labute approximate surface area is 135 Å². The first-order valence-corrected chi connectivity index (χ1v) is 9.02. The lowest BCUT2D eigenvalue weighted by Gasteiger charge is -2.18. The molecule has 0 radical (unpaired) electrons. The summed E-state index contributed by atoms with van der Waals surface area (Å²) in [6, 6.07) is 3.32. The molecule has 1 atom stereocenters. The number of ether oxygens (including phenoxy) is 1. The highest BCUT2D eigenvalue weighted by atomic mass is 32.2. The van der Waals surface area contributed by atoms with Crippen LogP contribution in [0.1, 0.15) is 35.3 Å². The number of aldehydes is 1. The van der Waals surface area contributed by atoms with Gasteiger partial charge in [-0.25, -0.2) is 13.4 Å². The fourth-order valence-electron chi connectivity index (χ4n) is 2.28. The molecule has 0 saturated heterocycles. The van der Waals surface area contributed by atoms with Crippen molar-refractivity contribution in [1.29, 1.82) is 0 Å². The van der Waals surface area contributed by atoms with Crippen molar-refractivity contribution in [3.63, 3.8) is 0 Å². The molecule has 1 N–H and O–H groups in total. The van der Waals surface area contributed by atoms with Gasteiger partial charge < -0.3 is 4.74 Å². The van der Waals surface area contributed by atoms with Gasteiger partial charge in [0, 0.05) is 23.7 Å². The van der Waals surface area contributed by atoms with Crippen LogP contribution in [0.5, 0.6) is 5.88 Å². The zero-order chi connectivity index (χ0) is 16.4. The molecular weight excluding hydrogens is 316 g/mol. The number of carbonyl (C=O) groups excluding carboxylic acids is 1. The SMILES string of the molecule is Cc1nc(OC2C=CC(NS(=O)(=O)C3CC3)=CC2)ccc1C=O. The summed E-state index contributed by atoms with van der Waals surface area (Å²) in [6.07, 6.45) is 7.88. The van der Waals surface area contributed by atoms with E-state index >= 15 is 0 Å². The highest BCUT2D eigenvalue weighted by Crippen LogP contribution is 2.28. The van der Waals surface area contributed by atoms with Gasteiger partial charge in [0.15, 0.2) is 6.29 Å². The van der Waals surface area contributed by atoms with Gasteiger partial charge in [0.05, 0.1) is 10.9 Å². The van der Waals surface area contributed by atoms with Crippen LogP contribution in [0.15, 0.2) is 36.1 Å². The Morgan fingerprint density at radius 1 is 1.35 bits per heavy atom. The van der Waals surface area contributed by atoms with E-state index in [-0.39, 0.29) is 11.4 Å². The Kier molecular flexibility index (Phi) is 4.21. The highest BCUT2D eigenvalue weighted by molar-refractivity contribution is 7.90. The van der Waals surface area contributed by atoms with E-state index in [4.69, 9.17) is 4.74 Å². The lowest BCUT2D eigenvalue weighted by atomic mass is 10.1. The molecule has 0 aromatic carbocycles. The van der Waals surface area contributed by atoms with E-state index in [0.717, 1.165) is 19.1 Å². The largest absolute Gasteiger partial charge is 0.470 e. The van der Waals surface area contributed by atoms with Gasteiger partial charge in [-0.05, 0) is 38.0 Å². The molecule has 6 nitrogen and oxygen atoms in total. The van der Waals surface area contributed by atoms with Crippen molar-refractivity contribution in [3.05, 3.63) is 47.3 Å². The number of sulfonamides is 1. The van der Waals surface area contributed by atoms with Crippen LogP contribution in [-0.4, -0.2) is 31.0 Å². The van der Waals surface area contributed by atoms with E-state index in [1.165, 1.54) is 0 Å². The highest BCUT2D eigenvalue weighted by Gasteiger charge is 2.36. The van der Waals surface area contributed by atoms with Crippen molar-refractivity contribution in [2.75, 3.05) is 0 Å². The molecule has 122 valence electrons. The van der Waals surface area contributed by atoms with Crippen LogP contribution in [0.4, 0.5) is 0 Å². The van der Waals surface area contributed by atoms with Crippen molar-refractivity contribution in [1.82, 2.24) is 9.71 Å². The smallest absolute Gasteiger partial charge is 0.235 e. The lowest BCUT2D eigenvalue weighted by Crippen LogP contribution is -2.28. The molecule has 2 aliphatic rings. The minimum Gasteiger partial charge on any atom is -0.470 e. The first kappa shape index (κ1) is 15.7. The molecule has 1 heterocycles. The average molecular weight is 334 g/mol. The van der Waals surface area contributed by atoms with E-state index in [1.807, 2.05) is 0 Å². The second kappa shape index (κ2) is 6.16. The number of aromatic nitrogens is 1. The molecule has 1 aromatic rings. The monoisotopic (exact) mass is 334 g/mol. The fraction of sp³-hybridized carbons (Fsp3) is 0.375. The van der Waals surface area contributed by atoms with Crippen molar-refractivity contribution < 1.29 is 17.9 Å².